The van der Waals surface area contributed by atoms with Gasteiger partial charge in [0.05, 0.1) is 12.1 Å². The fraction of sp³-hybridized carbons (Fsp3) is 0.458. The molecule has 170 valence electrons. The van der Waals surface area contributed by atoms with Crippen LogP contribution < -0.4 is 0 Å². The Morgan fingerprint density at radius 2 is 1.88 bits per heavy atom. The molecule has 4 rings (SSSR count). The molecule has 2 heterocycles. The number of halogens is 3. The number of carbonyl (C=O) groups is 1. The fourth-order valence-corrected chi connectivity index (χ4v) is 5.96. The molecule has 32 heavy (non-hydrogen) atoms. The minimum Gasteiger partial charge on any atom is -0.331 e. The molecule has 1 aromatic carbocycles. The normalized spacial score (nSPS) is 14.6. The molecule has 1 amide bonds. The van der Waals surface area contributed by atoms with Crippen molar-refractivity contribution < 1.29 is 4.79 Å². The number of nitrogens with zero attached hydrogens (tertiary/aromatic N) is 4. The van der Waals surface area contributed by atoms with Gasteiger partial charge in [-0.1, -0.05) is 26.7 Å². The van der Waals surface area contributed by atoms with E-state index in [0.717, 1.165) is 49.7 Å². The Bertz CT molecular complexity index is 1120. The third-order valence-corrected chi connectivity index (χ3v) is 8.74. The zero-order valence-electron chi connectivity index (χ0n) is 18.3. The topological polar surface area (TPSA) is 51.0 Å². The second kappa shape index (κ2) is 10.3. The minimum atomic E-state index is -0.0105. The van der Waals surface area contributed by atoms with Crippen LogP contribution in [0.4, 0.5) is 0 Å². The molecule has 1 aliphatic carbocycles. The molecule has 0 aliphatic heterocycles. The summed E-state index contributed by atoms with van der Waals surface area (Å²) in [4.78, 5) is 25.3. The average Bonchev–Trinajstić information content (AvgIpc) is 3.40. The highest BCUT2D eigenvalue weighted by molar-refractivity contribution is 9.13. The molecular formula is C24H27Br3N4O. The summed E-state index contributed by atoms with van der Waals surface area (Å²) in [5.74, 6) is 1.41. The molecule has 0 spiro atoms. The van der Waals surface area contributed by atoms with Gasteiger partial charge in [0.25, 0.3) is 5.91 Å². The molecule has 0 unspecified atom stereocenters. The maximum absolute atomic E-state index is 13.8. The van der Waals surface area contributed by atoms with Gasteiger partial charge >= 0.3 is 0 Å². The Kier molecular flexibility index (Phi) is 7.73. The highest BCUT2D eigenvalue weighted by atomic mass is 79.9. The Morgan fingerprint density at radius 1 is 1.16 bits per heavy atom. The number of fused-ring (bicyclic) bond motifs is 1. The fourth-order valence-electron chi connectivity index (χ4n) is 4.35. The van der Waals surface area contributed by atoms with Crippen LogP contribution in [0.1, 0.15) is 68.2 Å². The number of hydrogen-bond acceptors (Lipinski definition) is 3. The monoisotopic (exact) mass is 624 g/mol. The van der Waals surface area contributed by atoms with Crippen LogP contribution in [0, 0.1) is 5.92 Å². The van der Waals surface area contributed by atoms with Crippen molar-refractivity contribution in [1.82, 2.24) is 19.4 Å². The third-order valence-electron chi connectivity index (χ3n) is 6.07. The van der Waals surface area contributed by atoms with Crippen molar-refractivity contribution >= 4 is 64.9 Å². The van der Waals surface area contributed by atoms with E-state index in [4.69, 9.17) is 4.98 Å². The molecule has 0 N–H and O–H groups in total. The van der Waals surface area contributed by atoms with Crippen molar-refractivity contribution in [1.29, 1.82) is 0 Å². The third kappa shape index (κ3) is 4.97. The summed E-state index contributed by atoms with van der Waals surface area (Å²) in [5.41, 5.74) is 2.45. The predicted molar refractivity (Wildman–Crippen MR) is 139 cm³/mol. The molecule has 0 bridgehead atoms. The van der Waals surface area contributed by atoms with Crippen LogP contribution in [-0.4, -0.2) is 31.9 Å². The molecule has 8 heteroatoms. The van der Waals surface area contributed by atoms with Gasteiger partial charge in [0.1, 0.15) is 11.3 Å². The van der Waals surface area contributed by atoms with Crippen molar-refractivity contribution in [2.45, 2.75) is 58.5 Å². The van der Waals surface area contributed by atoms with E-state index in [-0.39, 0.29) is 5.91 Å². The Labute approximate surface area is 214 Å². The number of aromatic nitrogens is 3. The van der Waals surface area contributed by atoms with E-state index in [1.165, 1.54) is 12.8 Å². The number of rotatable bonds is 7. The number of hydrogen-bond donors (Lipinski definition) is 0. The van der Waals surface area contributed by atoms with Crippen LogP contribution in [0.25, 0.3) is 11.2 Å². The first kappa shape index (κ1) is 23.9. The molecule has 2 aromatic heterocycles. The van der Waals surface area contributed by atoms with Crippen molar-refractivity contribution in [2.75, 3.05) is 6.54 Å². The van der Waals surface area contributed by atoms with Gasteiger partial charge in [-0.05, 0) is 97.2 Å². The van der Waals surface area contributed by atoms with Crippen molar-refractivity contribution in [3.8, 4) is 0 Å². The summed E-state index contributed by atoms with van der Waals surface area (Å²) >= 11 is 10.7. The molecule has 1 fully saturated rings. The first-order valence-corrected chi connectivity index (χ1v) is 13.5. The molecule has 1 saturated carbocycles. The van der Waals surface area contributed by atoms with E-state index in [2.05, 4.69) is 71.2 Å². The van der Waals surface area contributed by atoms with Crippen LogP contribution >= 0.6 is 47.8 Å². The summed E-state index contributed by atoms with van der Waals surface area (Å²) in [6.45, 7) is 5.50. The summed E-state index contributed by atoms with van der Waals surface area (Å²) < 4.78 is 4.69. The van der Waals surface area contributed by atoms with Gasteiger partial charge in [-0.3, -0.25) is 4.79 Å². The molecule has 0 radical (unpaired) electrons. The molecule has 0 atom stereocenters. The van der Waals surface area contributed by atoms with Crippen molar-refractivity contribution in [2.24, 2.45) is 5.92 Å². The summed E-state index contributed by atoms with van der Waals surface area (Å²) in [6, 6.07) is 8.17. The molecule has 3 aromatic rings. The van der Waals surface area contributed by atoms with Crippen molar-refractivity contribution in [3.05, 3.63) is 55.3 Å². The lowest BCUT2D eigenvalue weighted by Gasteiger charge is -2.26. The molecule has 0 saturated heterocycles. The lowest BCUT2D eigenvalue weighted by molar-refractivity contribution is 0.0726. The lowest BCUT2D eigenvalue weighted by Crippen LogP contribution is -2.34. The number of amides is 1. The minimum absolute atomic E-state index is 0.0105. The van der Waals surface area contributed by atoms with Crippen molar-refractivity contribution in [3.63, 3.8) is 0 Å². The highest BCUT2D eigenvalue weighted by Gasteiger charge is 2.28. The molecule has 1 aliphatic rings. The first-order valence-electron chi connectivity index (χ1n) is 11.1. The standard InChI is InChI=1S/C24H27Br3N4O/c1-15(2)11-13-30(24(32)21-17(25)9-10-18(26)22(21)27)14-20-29-19-8-5-12-28-23(19)31(20)16-6-3-4-7-16/h5,8-10,12,15-16H,3-4,6-7,11,13-14H2,1-2H3. The van der Waals surface area contributed by atoms with Gasteiger partial charge in [0, 0.05) is 32.2 Å². The predicted octanol–water partition coefficient (Wildman–Crippen LogP) is 7.52. The highest BCUT2D eigenvalue weighted by Crippen LogP contribution is 2.35. The van der Waals surface area contributed by atoms with Crippen LogP contribution in [0.15, 0.2) is 43.9 Å². The van der Waals surface area contributed by atoms with E-state index in [0.29, 0.717) is 30.6 Å². The van der Waals surface area contributed by atoms with Gasteiger partial charge < -0.3 is 9.47 Å². The van der Waals surface area contributed by atoms with E-state index in [9.17, 15) is 4.79 Å². The quantitative estimate of drug-likeness (QED) is 0.255. The Hall–Kier alpha value is -1.25. The van der Waals surface area contributed by atoms with E-state index < -0.39 is 0 Å². The Balaban J connectivity index is 1.74. The Morgan fingerprint density at radius 3 is 2.59 bits per heavy atom. The lowest BCUT2D eigenvalue weighted by atomic mass is 10.1. The molecule has 5 nitrogen and oxygen atoms in total. The SMILES string of the molecule is CC(C)CCN(Cc1nc2cccnc2n1C1CCCC1)C(=O)c1c(Br)ccc(Br)c1Br. The van der Waals surface area contributed by atoms with E-state index in [1.54, 1.807) is 0 Å². The van der Waals surface area contributed by atoms with Gasteiger partial charge in [-0.25, -0.2) is 9.97 Å². The second-order valence-electron chi connectivity index (χ2n) is 8.81. The number of benzene rings is 1. The first-order chi connectivity index (χ1) is 15.4. The smallest absolute Gasteiger partial charge is 0.256 e. The van der Waals surface area contributed by atoms with E-state index in [1.807, 2.05) is 35.4 Å². The maximum atomic E-state index is 13.8. The summed E-state index contributed by atoms with van der Waals surface area (Å²) in [6.07, 6.45) is 7.48. The van der Waals surface area contributed by atoms with Gasteiger partial charge in [-0.15, -0.1) is 0 Å². The van der Waals surface area contributed by atoms with Crippen LogP contribution in [-0.2, 0) is 6.54 Å². The van der Waals surface area contributed by atoms with Gasteiger partial charge in [-0.2, -0.15) is 0 Å². The van der Waals surface area contributed by atoms with Gasteiger partial charge in [0.2, 0.25) is 0 Å². The number of imidazole rings is 1. The maximum Gasteiger partial charge on any atom is 0.256 e. The van der Waals surface area contributed by atoms with Crippen LogP contribution in [0.2, 0.25) is 0 Å². The molecular weight excluding hydrogens is 600 g/mol. The average molecular weight is 627 g/mol. The number of carbonyl (C=O) groups excluding carboxylic acids is 1. The van der Waals surface area contributed by atoms with Crippen LogP contribution in [0.3, 0.4) is 0 Å². The zero-order valence-corrected chi connectivity index (χ0v) is 23.1. The zero-order chi connectivity index (χ0) is 22.8. The second-order valence-corrected chi connectivity index (χ2v) is 11.3. The van der Waals surface area contributed by atoms with Crippen LogP contribution in [0.5, 0.6) is 0 Å². The van der Waals surface area contributed by atoms with Gasteiger partial charge in [0.15, 0.2) is 5.65 Å². The largest absolute Gasteiger partial charge is 0.331 e. The summed E-state index contributed by atoms with van der Waals surface area (Å²) in [5, 5.41) is 0. The summed E-state index contributed by atoms with van der Waals surface area (Å²) in [7, 11) is 0. The van der Waals surface area contributed by atoms with E-state index >= 15 is 0 Å². The number of pyridine rings is 1.